The van der Waals surface area contributed by atoms with Crippen LogP contribution >= 0.6 is 11.8 Å². The fourth-order valence-electron chi connectivity index (χ4n) is 3.79. The summed E-state index contributed by atoms with van der Waals surface area (Å²) in [6, 6.07) is 17.8. The molecule has 0 bridgehead atoms. The third-order valence-corrected chi connectivity index (χ3v) is 6.48. The SMILES string of the molecule is COc1ccc(-c2noc(CN3CCCC(C(=O)NCCSc4ccccc4)C3)n2)cc1. The summed E-state index contributed by atoms with van der Waals surface area (Å²) in [5.41, 5.74) is 0.880. The topological polar surface area (TPSA) is 80.5 Å². The molecule has 2 aromatic carbocycles. The van der Waals surface area contributed by atoms with Gasteiger partial charge in [-0.2, -0.15) is 4.98 Å². The third-order valence-electron chi connectivity index (χ3n) is 5.46. The van der Waals surface area contributed by atoms with E-state index in [4.69, 9.17) is 9.26 Å². The second-order valence-electron chi connectivity index (χ2n) is 7.77. The lowest BCUT2D eigenvalue weighted by atomic mass is 9.97. The lowest BCUT2D eigenvalue weighted by Crippen LogP contribution is -2.43. The van der Waals surface area contributed by atoms with Crippen LogP contribution in [0.2, 0.25) is 0 Å². The van der Waals surface area contributed by atoms with Gasteiger partial charge in [0.25, 0.3) is 0 Å². The molecule has 1 saturated heterocycles. The molecule has 3 aromatic rings. The first-order valence-corrected chi connectivity index (χ1v) is 11.8. The molecule has 32 heavy (non-hydrogen) atoms. The Morgan fingerprint density at radius 3 is 2.81 bits per heavy atom. The van der Waals surface area contributed by atoms with Crippen LogP contribution < -0.4 is 10.1 Å². The predicted molar refractivity (Wildman–Crippen MR) is 124 cm³/mol. The minimum absolute atomic E-state index is 0.00513. The van der Waals surface area contributed by atoms with Gasteiger partial charge in [0.05, 0.1) is 19.6 Å². The summed E-state index contributed by atoms with van der Waals surface area (Å²) < 4.78 is 10.6. The number of likely N-dealkylation sites (tertiary alicyclic amines) is 1. The Hall–Kier alpha value is -2.84. The van der Waals surface area contributed by atoms with Crippen LogP contribution in [0.4, 0.5) is 0 Å². The molecule has 1 N–H and O–H groups in total. The van der Waals surface area contributed by atoms with E-state index in [-0.39, 0.29) is 11.8 Å². The Kier molecular flexibility index (Phi) is 7.79. The maximum Gasteiger partial charge on any atom is 0.241 e. The summed E-state index contributed by atoms with van der Waals surface area (Å²) in [6.07, 6.45) is 1.89. The molecule has 0 spiro atoms. The van der Waals surface area contributed by atoms with Crippen molar-refractivity contribution in [2.24, 2.45) is 5.92 Å². The molecule has 0 saturated carbocycles. The zero-order chi connectivity index (χ0) is 22.2. The van der Waals surface area contributed by atoms with Gasteiger partial charge >= 0.3 is 0 Å². The normalized spacial score (nSPS) is 16.6. The molecule has 4 rings (SSSR count). The fourth-order valence-corrected chi connectivity index (χ4v) is 4.57. The van der Waals surface area contributed by atoms with Crippen LogP contribution in [-0.4, -0.2) is 53.4 Å². The van der Waals surface area contributed by atoms with Gasteiger partial charge in [-0.05, 0) is 55.8 Å². The summed E-state index contributed by atoms with van der Waals surface area (Å²) in [4.78, 5) is 20.6. The second-order valence-corrected chi connectivity index (χ2v) is 8.94. The summed E-state index contributed by atoms with van der Waals surface area (Å²) in [5.74, 6) is 2.90. The summed E-state index contributed by atoms with van der Waals surface area (Å²) in [6.45, 7) is 2.85. The van der Waals surface area contributed by atoms with E-state index in [0.29, 0.717) is 31.3 Å². The van der Waals surface area contributed by atoms with Crippen molar-refractivity contribution in [2.75, 3.05) is 32.5 Å². The van der Waals surface area contributed by atoms with Crippen molar-refractivity contribution in [3.63, 3.8) is 0 Å². The molecule has 1 fully saturated rings. The molecule has 2 heterocycles. The first-order chi connectivity index (χ1) is 15.7. The third kappa shape index (κ3) is 6.11. The number of amides is 1. The molecule has 0 aliphatic carbocycles. The number of nitrogens with zero attached hydrogens (tertiary/aromatic N) is 3. The van der Waals surface area contributed by atoms with Gasteiger partial charge in [-0.3, -0.25) is 9.69 Å². The maximum atomic E-state index is 12.6. The Labute approximate surface area is 192 Å². The van der Waals surface area contributed by atoms with Crippen LogP contribution in [0.15, 0.2) is 64.0 Å². The molecule has 1 atom stereocenters. The van der Waals surface area contributed by atoms with Gasteiger partial charge in [0.15, 0.2) is 0 Å². The number of carbonyl (C=O) groups is 1. The Morgan fingerprint density at radius 1 is 1.22 bits per heavy atom. The fraction of sp³-hybridized carbons (Fsp3) is 0.375. The van der Waals surface area contributed by atoms with Crippen LogP contribution in [0.1, 0.15) is 18.7 Å². The number of hydrogen-bond acceptors (Lipinski definition) is 7. The van der Waals surface area contributed by atoms with Crippen molar-refractivity contribution >= 4 is 17.7 Å². The average molecular weight is 453 g/mol. The number of aromatic nitrogens is 2. The van der Waals surface area contributed by atoms with Crippen molar-refractivity contribution in [3.05, 3.63) is 60.5 Å². The molecule has 0 radical (unpaired) electrons. The van der Waals surface area contributed by atoms with E-state index in [1.165, 1.54) is 4.90 Å². The van der Waals surface area contributed by atoms with E-state index in [1.54, 1.807) is 18.9 Å². The molecule has 1 aromatic heterocycles. The van der Waals surface area contributed by atoms with Crippen LogP contribution in [0.3, 0.4) is 0 Å². The molecule has 1 aliphatic heterocycles. The molecule has 1 aliphatic rings. The van der Waals surface area contributed by atoms with E-state index >= 15 is 0 Å². The highest BCUT2D eigenvalue weighted by Crippen LogP contribution is 2.22. The Morgan fingerprint density at radius 2 is 2.03 bits per heavy atom. The lowest BCUT2D eigenvalue weighted by Gasteiger charge is -2.30. The number of piperidine rings is 1. The Balaban J connectivity index is 1.24. The van der Waals surface area contributed by atoms with E-state index in [0.717, 1.165) is 36.5 Å². The second kappa shape index (κ2) is 11.2. The minimum Gasteiger partial charge on any atom is -0.497 e. The highest BCUT2D eigenvalue weighted by Gasteiger charge is 2.26. The standard InChI is InChI=1S/C24H28N4O3S/c1-30-20-11-9-18(10-12-20)23-26-22(31-27-23)17-28-14-5-6-19(16-28)24(29)25-13-15-32-21-7-3-2-4-8-21/h2-4,7-12,19H,5-6,13-17H2,1H3,(H,25,29). The maximum absolute atomic E-state index is 12.6. The molecule has 168 valence electrons. The van der Waals surface area contributed by atoms with E-state index < -0.39 is 0 Å². The highest BCUT2D eigenvalue weighted by atomic mass is 32.2. The van der Waals surface area contributed by atoms with Gasteiger partial charge in [-0.15, -0.1) is 11.8 Å². The number of benzene rings is 2. The number of nitrogens with one attached hydrogen (secondary N) is 1. The first-order valence-electron chi connectivity index (χ1n) is 10.9. The van der Waals surface area contributed by atoms with Crippen molar-refractivity contribution in [3.8, 4) is 17.1 Å². The van der Waals surface area contributed by atoms with Gasteiger partial charge in [0.2, 0.25) is 17.6 Å². The number of carbonyl (C=O) groups excluding carboxylic acids is 1. The highest BCUT2D eigenvalue weighted by molar-refractivity contribution is 7.99. The zero-order valence-corrected chi connectivity index (χ0v) is 19.0. The number of ether oxygens (including phenoxy) is 1. The number of rotatable bonds is 9. The quantitative estimate of drug-likeness (QED) is 0.390. The van der Waals surface area contributed by atoms with Crippen LogP contribution in [0.25, 0.3) is 11.4 Å². The molecule has 7 nitrogen and oxygen atoms in total. The smallest absolute Gasteiger partial charge is 0.241 e. The van der Waals surface area contributed by atoms with Crippen molar-refractivity contribution in [2.45, 2.75) is 24.3 Å². The van der Waals surface area contributed by atoms with E-state index in [2.05, 4.69) is 32.5 Å². The van der Waals surface area contributed by atoms with Gasteiger partial charge in [-0.1, -0.05) is 23.4 Å². The van der Waals surface area contributed by atoms with Crippen LogP contribution in [0, 0.1) is 5.92 Å². The summed E-state index contributed by atoms with van der Waals surface area (Å²) >= 11 is 1.75. The lowest BCUT2D eigenvalue weighted by molar-refractivity contribution is -0.126. The van der Waals surface area contributed by atoms with Crippen molar-refractivity contribution < 1.29 is 14.1 Å². The number of hydrogen-bond donors (Lipinski definition) is 1. The van der Waals surface area contributed by atoms with Gasteiger partial charge in [0.1, 0.15) is 5.75 Å². The van der Waals surface area contributed by atoms with Gasteiger partial charge in [0, 0.05) is 29.3 Å². The minimum atomic E-state index is -0.00513. The molecule has 1 unspecified atom stereocenters. The monoisotopic (exact) mass is 452 g/mol. The molecule has 1 amide bonds. The average Bonchev–Trinajstić information content (AvgIpc) is 3.31. The van der Waals surface area contributed by atoms with Crippen molar-refractivity contribution in [1.82, 2.24) is 20.4 Å². The molecule has 8 heteroatoms. The van der Waals surface area contributed by atoms with Crippen LogP contribution in [0.5, 0.6) is 5.75 Å². The summed E-state index contributed by atoms with van der Waals surface area (Å²) in [5, 5.41) is 7.20. The predicted octanol–water partition coefficient (Wildman–Crippen LogP) is 3.87. The number of methoxy groups -OCH3 is 1. The van der Waals surface area contributed by atoms with E-state index in [9.17, 15) is 4.79 Å². The van der Waals surface area contributed by atoms with E-state index in [1.807, 2.05) is 42.5 Å². The van der Waals surface area contributed by atoms with Crippen LogP contribution in [-0.2, 0) is 11.3 Å². The first kappa shape index (κ1) is 22.4. The molecular formula is C24H28N4O3S. The Bertz CT molecular complexity index is 994. The number of thioether (sulfide) groups is 1. The summed E-state index contributed by atoms with van der Waals surface area (Å²) in [7, 11) is 1.64. The van der Waals surface area contributed by atoms with Gasteiger partial charge < -0.3 is 14.6 Å². The molecular weight excluding hydrogens is 424 g/mol. The van der Waals surface area contributed by atoms with Gasteiger partial charge in [-0.25, -0.2) is 0 Å². The van der Waals surface area contributed by atoms with Crippen molar-refractivity contribution in [1.29, 1.82) is 0 Å². The zero-order valence-electron chi connectivity index (χ0n) is 18.2. The largest absolute Gasteiger partial charge is 0.497 e.